The van der Waals surface area contributed by atoms with Crippen LogP contribution in [-0.2, 0) is 32.2 Å². The third-order valence-electron chi connectivity index (χ3n) is 10.7. The van der Waals surface area contributed by atoms with Crippen LogP contribution in [0.2, 0.25) is 0 Å². The third kappa shape index (κ3) is 15.8. The Morgan fingerprint density at radius 1 is 0.709 bits per heavy atom. The molecule has 3 aromatic rings. The van der Waals surface area contributed by atoms with Gasteiger partial charge >= 0.3 is 0 Å². The Hall–Kier alpha value is -3.60. The Morgan fingerprint density at radius 2 is 1.31 bits per heavy atom. The average Bonchev–Trinajstić information content (AvgIpc) is 3.22. The van der Waals surface area contributed by atoms with Gasteiger partial charge in [0.1, 0.15) is 0 Å². The van der Waals surface area contributed by atoms with E-state index in [0.717, 1.165) is 59.4 Å². The Morgan fingerprint density at radius 3 is 1.95 bits per heavy atom. The number of rotatable bonds is 26. The molecule has 4 N–H and O–H groups in total. The number of carbonyl (C=O) groups excluding carboxylic acids is 2. The minimum Gasteiger partial charge on any atom is -0.392 e. The fourth-order valence-electron chi connectivity index (χ4n) is 7.37. The van der Waals surface area contributed by atoms with Gasteiger partial charge in [-0.15, -0.1) is 0 Å². The molecule has 9 nitrogen and oxygen atoms in total. The van der Waals surface area contributed by atoms with Crippen LogP contribution < -0.4 is 10.8 Å². The van der Waals surface area contributed by atoms with Crippen LogP contribution in [0.15, 0.2) is 72.8 Å². The third-order valence-corrected chi connectivity index (χ3v) is 10.7. The molecule has 3 unspecified atom stereocenters. The fourth-order valence-corrected chi connectivity index (χ4v) is 7.37. The lowest BCUT2D eigenvalue weighted by molar-refractivity contribution is -0.253. The minimum absolute atomic E-state index is 0.00323. The maximum atomic E-state index is 12.5. The summed E-state index contributed by atoms with van der Waals surface area (Å²) in [5.74, 6) is -0.641. The predicted octanol–water partition coefficient (Wildman–Crippen LogP) is 9.71. The second kappa shape index (κ2) is 25.5. The normalized spacial score (nSPS) is 17.0. The number of aliphatic hydroxyl groups excluding tert-OH is 1. The molecule has 3 aromatic carbocycles. The van der Waals surface area contributed by atoms with Crippen LogP contribution in [0.5, 0.6) is 0 Å². The Balaban J connectivity index is 1.46. The summed E-state index contributed by atoms with van der Waals surface area (Å²) in [6.07, 6.45) is 16.2. The topological polar surface area (TPSA) is 120 Å². The van der Waals surface area contributed by atoms with Crippen molar-refractivity contribution in [1.82, 2.24) is 15.7 Å². The lowest BCUT2D eigenvalue weighted by Crippen LogP contribution is -2.40. The molecule has 4 rings (SSSR count). The van der Waals surface area contributed by atoms with E-state index in [0.29, 0.717) is 13.0 Å². The van der Waals surface area contributed by atoms with Gasteiger partial charge < -0.3 is 24.8 Å². The predicted molar refractivity (Wildman–Crippen MR) is 219 cm³/mol. The van der Waals surface area contributed by atoms with Crippen molar-refractivity contribution in [3.63, 3.8) is 0 Å². The van der Waals surface area contributed by atoms with E-state index in [1.165, 1.54) is 77.0 Å². The highest BCUT2D eigenvalue weighted by Crippen LogP contribution is 2.39. The number of benzene rings is 3. The van der Waals surface area contributed by atoms with Gasteiger partial charge in [-0.1, -0.05) is 151 Å². The summed E-state index contributed by atoms with van der Waals surface area (Å²) >= 11 is 0. The van der Waals surface area contributed by atoms with Gasteiger partial charge in [-0.05, 0) is 60.2 Å². The van der Waals surface area contributed by atoms with Gasteiger partial charge in [-0.2, -0.15) is 0 Å². The molecule has 1 heterocycles. The van der Waals surface area contributed by atoms with Gasteiger partial charge in [-0.25, -0.2) is 5.48 Å². The van der Waals surface area contributed by atoms with Crippen molar-refractivity contribution in [2.24, 2.45) is 0 Å². The molecule has 9 heteroatoms. The molecule has 1 aliphatic rings. The Labute approximate surface area is 330 Å². The molecule has 1 aliphatic heterocycles. The summed E-state index contributed by atoms with van der Waals surface area (Å²) < 4.78 is 13.5. The fraction of sp³-hybridized carbons (Fsp3) is 0.565. The van der Waals surface area contributed by atoms with Crippen LogP contribution in [-0.4, -0.2) is 52.8 Å². The second-order valence-corrected chi connectivity index (χ2v) is 15.1. The van der Waals surface area contributed by atoms with Gasteiger partial charge in [0.2, 0.25) is 11.8 Å². The van der Waals surface area contributed by atoms with E-state index >= 15 is 0 Å². The number of nitrogens with one attached hydrogen (secondary N) is 2. The first kappa shape index (κ1) is 44.1. The molecule has 55 heavy (non-hydrogen) atoms. The summed E-state index contributed by atoms with van der Waals surface area (Å²) in [4.78, 5) is 26.4. The molecule has 0 saturated carbocycles. The molecule has 0 bridgehead atoms. The highest BCUT2D eigenvalue weighted by molar-refractivity contribution is 5.78. The van der Waals surface area contributed by atoms with Crippen molar-refractivity contribution in [3.8, 4) is 11.1 Å². The number of hydrogen-bond acceptors (Lipinski definition) is 7. The Kier molecular flexibility index (Phi) is 20.5. The molecule has 3 atom stereocenters. The largest absolute Gasteiger partial charge is 0.392 e. The lowest BCUT2D eigenvalue weighted by Gasteiger charge is -2.38. The molecule has 0 aromatic heterocycles. The zero-order chi connectivity index (χ0) is 39.1. The van der Waals surface area contributed by atoms with Gasteiger partial charge in [-0.3, -0.25) is 14.8 Å². The highest BCUT2D eigenvalue weighted by Gasteiger charge is 2.33. The van der Waals surface area contributed by atoms with Gasteiger partial charge in [0.05, 0.1) is 18.8 Å². The lowest BCUT2D eigenvalue weighted by atomic mass is 9.97. The molecule has 1 saturated heterocycles. The zero-order valence-electron chi connectivity index (χ0n) is 33.5. The van der Waals surface area contributed by atoms with E-state index < -0.39 is 12.2 Å². The van der Waals surface area contributed by atoms with Crippen molar-refractivity contribution in [2.75, 3.05) is 19.6 Å². The summed E-state index contributed by atoms with van der Waals surface area (Å²) in [7, 11) is 0. The van der Waals surface area contributed by atoms with Crippen molar-refractivity contribution < 1.29 is 29.4 Å². The van der Waals surface area contributed by atoms with E-state index in [1.54, 1.807) is 5.48 Å². The van der Waals surface area contributed by atoms with Crippen LogP contribution in [0, 0.1) is 0 Å². The van der Waals surface area contributed by atoms with E-state index in [9.17, 15) is 14.7 Å². The van der Waals surface area contributed by atoms with E-state index in [2.05, 4.69) is 66.5 Å². The summed E-state index contributed by atoms with van der Waals surface area (Å²) in [5, 5.41) is 21.3. The van der Waals surface area contributed by atoms with Crippen LogP contribution in [0.1, 0.15) is 151 Å². The molecule has 302 valence electrons. The second-order valence-electron chi connectivity index (χ2n) is 15.1. The molecule has 1 fully saturated rings. The number of amides is 2. The first-order valence-electron chi connectivity index (χ1n) is 21.0. The summed E-state index contributed by atoms with van der Waals surface area (Å²) in [6.45, 7) is 7.98. The van der Waals surface area contributed by atoms with Crippen LogP contribution in [0.25, 0.3) is 11.1 Å². The van der Waals surface area contributed by atoms with Crippen molar-refractivity contribution >= 4 is 11.8 Å². The highest BCUT2D eigenvalue weighted by atomic mass is 16.7. The molecule has 0 aliphatic carbocycles. The van der Waals surface area contributed by atoms with Gasteiger partial charge in [0.15, 0.2) is 6.29 Å². The number of hydroxylamine groups is 1. The van der Waals surface area contributed by atoms with Gasteiger partial charge in [0, 0.05) is 37.9 Å². The standard InChI is InChI=1S/C46H67N3O6/c1-3-5-7-9-11-15-30-49(31-16-12-10-8-6-4-2)34-41-32-43(38-24-22-36(35-50)23-25-38)55-46(54-41)39-28-26-37(27-29-39)42-19-14-13-18-40(42)33-47-44(51)20-17-21-45(52)48-53/h13-14,18-19,22-29,41,43,46,50,53H,3-12,15-17,20-21,30-35H2,1-2H3,(H,47,51)(H,48,52). The molecular formula is C46H67N3O6. The van der Waals surface area contributed by atoms with Crippen LogP contribution in [0.4, 0.5) is 0 Å². The van der Waals surface area contributed by atoms with E-state index in [1.807, 2.05) is 30.3 Å². The molecule has 2 amide bonds. The summed E-state index contributed by atoms with van der Waals surface area (Å²) in [6, 6.07) is 24.5. The number of nitrogens with zero attached hydrogens (tertiary/aromatic N) is 1. The average molecular weight is 758 g/mol. The maximum Gasteiger partial charge on any atom is 0.243 e. The molecular weight excluding hydrogens is 691 g/mol. The monoisotopic (exact) mass is 758 g/mol. The quantitative estimate of drug-likeness (QED) is 0.0366. The SMILES string of the molecule is CCCCCCCCN(CCCCCCCC)CC1CC(c2ccc(CO)cc2)OC(c2ccc(-c3ccccc3CNC(=O)CCCC(=O)NO)cc2)O1. The van der Waals surface area contributed by atoms with E-state index in [-0.39, 0.29) is 37.6 Å². The van der Waals surface area contributed by atoms with Crippen molar-refractivity contribution in [2.45, 2.75) is 148 Å². The zero-order valence-corrected chi connectivity index (χ0v) is 33.5. The van der Waals surface area contributed by atoms with E-state index in [4.69, 9.17) is 14.7 Å². The van der Waals surface area contributed by atoms with Crippen molar-refractivity contribution in [3.05, 3.63) is 95.1 Å². The Bertz CT molecular complexity index is 1500. The number of aliphatic hydroxyl groups is 1. The molecule has 0 radical (unpaired) electrons. The number of hydrogen-bond donors (Lipinski definition) is 4. The first-order chi connectivity index (χ1) is 26.9. The first-order valence-corrected chi connectivity index (χ1v) is 21.0. The van der Waals surface area contributed by atoms with Crippen LogP contribution in [0.3, 0.4) is 0 Å². The minimum atomic E-state index is -0.525. The maximum absolute atomic E-state index is 12.5. The number of carbonyl (C=O) groups is 2. The van der Waals surface area contributed by atoms with Gasteiger partial charge in [0.25, 0.3) is 0 Å². The number of unbranched alkanes of at least 4 members (excludes halogenated alkanes) is 10. The van der Waals surface area contributed by atoms with Crippen LogP contribution >= 0.6 is 0 Å². The van der Waals surface area contributed by atoms with Crippen molar-refractivity contribution in [1.29, 1.82) is 0 Å². The summed E-state index contributed by atoms with van der Waals surface area (Å²) in [5.41, 5.74) is 7.59. The molecule has 0 spiro atoms. The smallest absolute Gasteiger partial charge is 0.243 e. The number of ether oxygens (including phenoxy) is 2.